The van der Waals surface area contributed by atoms with Crippen LogP contribution in [0, 0.1) is 5.92 Å². The number of rotatable bonds is 12. The average Bonchev–Trinajstić information content (AvgIpc) is 3.39. The summed E-state index contributed by atoms with van der Waals surface area (Å²) in [5.41, 5.74) is 3.43. The Morgan fingerprint density at radius 2 is 1.91 bits per heavy atom. The van der Waals surface area contributed by atoms with Gasteiger partial charge in [0.05, 0.1) is 12.7 Å². The number of benzene rings is 1. The quantitative estimate of drug-likeness (QED) is 0.330. The molecule has 4 nitrogen and oxygen atoms in total. The predicted molar refractivity (Wildman–Crippen MR) is 127 cm³/mol. The van der Waals surface area contributed by atoms with E-state index in [0.717, 1.165) is 59.3 Å². The highest BCUT2D eigenvalue weighted by molar-refractivity contribution is 7.13. The highest BCUT2D eigenvalue weighted by Crippen LogP contribution is 2.43. The Morgan fingerprint density at radius 3 is 2.53 bits per heavy atom. The second kappa shape index (κ2) is 11.7. The first kappa shape index (κ1) is 24.6. The molecule has 1 aromatic carbocycles. The molecule has 0 saturated carbocycles. The number of aryl methyl sites for hydroxylation is 1. The third-order valence-corrected chi connectivity index (χ3v) is 7.45. The molecule has 2 aromatic rings. The number of aromatic carboxylic acids is 1. The Labute approximate surface area is 193 Å². The molecule has 1 heterocycles. The van der Waals surface area contributed by atoms with Crippen LogP contribution < -0.4 is 0 Å². The molecule has 32 heavy (non-hydrogen) atoms. The van der Waals surface area contributed by atoms with E-state index < -0.39 is 18.2 Å². The molecular weight excluding hydrogens is 427 g/mol. The van der Waals surface area contributed by atoms with Gasteiger partial charge in [-0.05, 0) is 60.1 Å². The molecule has 6 heteroatoms. The lowest BCUT2D eigenvalue weighted by Gasteiger charge is -2.19. The van der Waals surface area contributed by atoms with Gasteiger partial charge in [0.1, 0.15) is 11.0 Å². The monoisotopic (exact) mass is 460 g/mol. The zero-order valence-corrected chi connectivity index (χ0v) is 19.4. The van der Waals surface area contributed by atoms with Crippen LogP contribution >= 0.6 is 11.3 Å². The number of halogens is 1. The lowest BCUT2D eigenvalue weighted by Crippen LogP contribution is -2.12. The number of thiophene rings is 1. The Balaban J connectivity index is 1.67. The summed E-state index contributed by atoms with van der Waals surface area (Å²) >= 11 is 1.27. The lowest BCUT2D eigenvalue weighted by atomic mass is 9.88. The molecule has 0 radical (unpaired) electrons. The van der Waals surface area contributed by atoms with Crippen molar-refractivity contribution in [3.05, 3.63) is 62.9 Å². The van der Waals surface area contributed by atoms with Crippen LogP contribution in [0.5, 0.6) is 0 Å². The van der Waals surface area contributed by atoms with Crippen molar-refractivity contribution in [2.45, 2.75) is 70.6 Å². The second-order valence-corrected chi connectivity index (χ2v) is 9.77. The summed E-state index contributed by atoms with van der Waals surface area (Å²) in [6.07, 6.45) is 4.78. The van der Waals surface area contributed by atoms with Crippen LogP contribution in [0.25, 0.3) is 5.57 Å². The Bertz CT molecular complexity index is 918. The SMILES string of the molecule is CCCCCC(O)c1ccc(C2=C(CO)CC(F)[C@@H]2CCCc2ccc(C(=O)O)s2)cc1. The third kappa shape index (κ3) is 6.06. The van der Waals surface area contributed by atoms with E-state index in [4.69, 9.17) is 5.11 Å². The zero-order valence-electron chi connectivity index (χ0n) is 18.6. The van der Waals surface area contributed by atoms with Gasteiger partial charge in [-0.2, -0.15) is 0 Å². The number of allylic oxidation sites excluding steroid dienone is 1. The van der Waals surface area contributed by atoms with Gasteiger partial charge in [0.25, 0.3) is 0 Å². The molecule has 3 atom stereocenters. The normalized spacial score (nSPS) is 19.5. The number of carbonyl (C=O) groups is 1. The van der Waals surface area contributed by atoms with Crippen molar-refractivity contribution in [1.82, 2.24) is 0 Å². The number of aliphatic hydroxyl groups is 2. The molecule has 1 aromatic heterocycles. The molecule has 0 amide bonds. The van der Waals surface area contributed by atoms with Crippen LogP contribution in [0.3, 0.4) is 0 Å². The van der Waals surface area contributed by atoms with Crippen molar-refractivity contribution in [2.24, 2.45) is 5.92 Å². The van der Waals surface area contributed by atoms with E-state index in [1.807, 2.05) is 30.3 Å². The van der Waals surface area contributed by atoms with Crippen molar-refractivity contribution < 1.29 is 24.5 Å². The first-order valence-corrected chi connectivity index (χ1v) is 12.3. The summed E-state index contributed by atoms with van der Waals surface area (Å²) in [7, 11) is 0. The van der Waals surface area contributed by atoms with Crippen LogP contribution in [0.2, 0.25) is 0 Å². The maximum Gasteiger partial charge on any atom is 0.345 e. The van der Waals surface area contributed by atoms with E-state index in [9.17, 15) is 19.4 Å². The Hall–Kier alpha value is -2.02. The van der Waals surface area contributed by atoms with Crippen LogP contribution in [0.4, 0.5) is 4.39 Å². The largest absolute Gasteiger partial charge is 0.477 e. The first-order valence-electron chi connectivity index (χ1n) is 11.5. The number of carboxylic acid groups (broad SMARTS) is 1. The summed E-state index contributed by atoms with van der Waals surface area (Å²) in [4.78, 5) is 12.4. The third-order valence-electron chi connectivity index (χ3n) is 6.32. The number of unbranched alkanes of at least 4 members (excludes halogenated alkanes) is 2. The van der Waals surface area contributed by atoms with Gasteiger partial charge < -0.3 is 15.3 Å². The molecule has 2 unspecified atom stereocenters. The van der Waals surface area contributed by atoms with Crippen molar-refractivity contribution in [2.75, 3.05) is 6.61 Å². The number of hydrogen-bond acceptors (Lipinski definition) is 4. The number of alkyl halides is 1. The molecular formula is C26H33FO4S. The van der Waals surface area contributed by atoms with Gasteiger partial charge >= 0.3 is 5.97 Å². The van der Waals surface area contributed by atoms with Gasteiger partial charge in [-0.3, -0.25) is 0 Å². The van der Waals surface area contributed by atoms with E-state index in [1.54, 1.807) is 6.07 Å². The van der Waals surface area contributed by atoms with Crippen molar-refractivity contribution in [3.63, 3.8) is 0 Å². The lowest BCUT2D eigenvalue weighted by molar-refractivity contribution is 0.0702. The minimum atomic E-state index is -1.02. The molecule has 0 spiro atoms. The van der Waals surface area contributed by atoms with Crippen LogP contribution in [0.15, 0.2) is 42.0 Å². The van der Waals surface area contributed by atoms with Crippen molar-refractivity contribution in [3.8, 4) is 0 Å². The number of hydrogen-bond donors (Lipinski definition) is 3. The Kier molecular flexibility index (Phi) is 9.02. The highest BCUT2D eigenvalue weighted by Gasteiger charge is 2.34. The molecule has 1 aliphatic rings. The molecule has 1 aliphatic carbocycles. The summed E-state index contributed by atoms with van der Waals surface area (Å²) in [6, 6.07) is 11.1. The van der Waals surface area contributed by atoms with E-state index in [1.165, 1.54) is 11.3 Å². The predicted octanol–water partition coefficient (Wildman–Crippen LogP) is 6.19. The molecule has 3 N–H and O–H groups in total. The van der Waals surface area contributed by atoms with Crippen LogP contribution in [-0.4, -0.2) is 34.1 Å². The fourth-order valence-electron chi connectivity index (χ4n) is 4.59. The summed E-state index contributed by atoms with van der Waals surface area (Å²) in [6.45, 7) is 1.98. The second-order valence-electron chi connectivity index (χ2n) is 8.60. The minimum Gasteiger partial charge on any atom is -0.477 e. The topological polar surface area (TPSA) is 77.8 Å². The van der Waals surface area contributed by atoms with Gasteiger partial charge in [0.2, 0.25) is 0 Å². The number of carboxylic acids is 1. The maximum atomic E-state index is 14.9. The van der Waals surface area contributed by atoms with Crippen molar-refractivity contribution >= 4 is 22.9 Å². The van der Waals surface area contributed by atoms with Crippen molar-refractivity contribution in [1.29, 1.82) is 0 Å². The summed E-state index contributed by atoms with van der Waals surface area (Å²) in [5, 5.41) is 29.3. The summed E-state index contributed by atoms with van der Waals surface area (Å²) < 4.78 is 14.9. The maximum absolute atomic E-state index is 14.9. The van der Waals surface area contributed by atoms with Crippen LogP contribution in [-0.2, 0) is 6.42 Å². The molecule has 0 aliphatic heterocycles. The minimum absolute atomic E-state index is 0.152. The van der Waals surface area contributed by atoms with E-state index in [2.05, 4.69) is 6.92 Å². The van der Waals surface area contributed by atoms with E-state index >= 15 is 0 Å². The number of aliphatic hydroxyl groups excluding tert-OH is 2. The molecule has 3 rings (SSSR count). The smallest absolute Gasteiger partial charge is 0.345 e. The van der Waals surface area contributed by atoms with Gasteiger partial charge in [0, 0.05) is 17.2 Å². The highest BCUT2D eigenvalue weighted by atomic mass is 32.1. The standard InChI is InChI=1S/C26H33FO4S/c1-2-3-4-8-23(29)17-9-11-18(12-10-17)25-19(16-28)15-22(27)21(25)7-5-6-20-13-14-24(32-20)26(30)31/h9-14,21-23,28-29H,2-8,15-16H2,1H3,(H,30,31)/t21-,22?,23?/m0/s1. The Morgan fingerprint density at radius 1 is 1.16 bits per heavy atom. The van der Waals surface area contributed by atoms with Gasteiger partial charge in [-0.25, -0.2) is 9.18 Å². The van der Waals surface area contributed by atoms with E-state index in [-0.39, 0.29) is 18.9 Å². The molecule has 0 saturated heterocycles. The van der Waals surface area contributed by atoms with Gasteiger partial charge in [-0.1, -0.05) is 50.5 Å². The fourth-order valence-corrected chi connectivity index (χ4v) is 5.47. The molecule has 0 bridgehead atoms. The van der Waals surface area contributed by atoms with Crippen LogP contribution in [0.1, 0.15) is 83.6 Å². The van der Waals surface area contributed by atoms with Gasteiger partial charge in [-0.15, -0.1) is 11.3 Å². The fraction of sp³-hybridized carbons (Fsp3) is 0.500. The average molecular weight is 461 g/mol. The van der Waals surface area contributed by atoms with E-state index in [0.29, 0.717) is 17.7 Å². The first-order chi connectivity index (χ1) is 15.4. The molecule has 174 valence electrons. The summed E-state index contributed by atoms with van der Waals surface area (Å²) in [5.74, 6) is -1.20. The van der Waals surface area contributed by atoms with Gasteiger partial charge in [0.15, 0.2) is 0 Å². The zero-order chi connectivity index (χ0) is 23.1. The molecule has 0 fully saturated rings.